The Labute approximate surface area is 156 Å². The van der Waals surface area contributed by atoms with Crippen LogP contribution in [0.15, 0.2) is 59.6 Å². The number of aromatic amines is 1. The van der Waals surface area contributed by atoms with Gasteiger partial charge < -0.3 is 9.72 Å². The fraction of sp³-hybridized carbons (Fsp3) is 0.158. The van der Waals surface area contributed by atoms with Crippen molar-refractivity contribution in [2.75, 3.05) is 7.05 Å². The summed E-state index contributed by atoms with van der Waals surface area (Å²) in [6.07, 6.45) is 0.554. The van der Waals surface area contributed by atoms with Gasteiger partial charge >= 0.3 is 5.97 Å². The Morgan fingerprint density at radius 2 is 1.85 bits per heavy atom. The molecule has 8 heteroatoms. The number of H-pyrrole nitrogens is 1. The average molecular weight is 386 g/mol. The Morgan fingerprint density at radius 3 is 2.59 bits per heavy atom. The summed E-state index contributed by atoms with van der Waals surface area (Å²) < 4.78 is 31.2. The van der Waals surface area contributed by atoms with Crippen LogP contribution >= 0.6 is 0 Å². The predicted octanol–water partition coefficient (Wildman–Crippen LogP) is 2.50. The zero-order valence-electron chi connectivity index (χ0n) is 14.7. The molecule has 3 aromatic rings. The number of fused-ring (bicyclic) bond motifs is 1. The van der Waals surface area contributed by atoms with Crippen LogP contribution in [0.2, 0.25) is 0 Å². The molecule has 140 valence electrons. The molecule has 0 aliphatic rings. The summed E-state index contributed by atoms with van der Waals surface area (Å²) >= 11 is 0. The Morgan fingerprint density at radius 1 is 1.11 bits per heavy atom. The van der Waals surface area contributed by atoms with Crippen LogP contribution < -0.4 is 4.72 Å². The van der Waals surface area contributed by atoms with Crippen molar-refractivity contribution >= 4 is 32.7 Å². The quantitative estimate of drug-likeness (QED) is 0.500. The van der Waals surface area contributed by atoms with Crippen LogP contribution in [0.1, 0.15) is 27.6 Å². The summed E-state index contributed by atoms with van der Waals surface area (Å²) in [5, 5.41) is 0.743. The molecule has 7 nitrogen and oxygen atoms in total. The third-order valence-corrected chi connectivity index (χ3v) is 5.57. The van der Waals surface area contributed by atoms with Gasteiger partial charge in [-0.25, -0.2) is 17.9 Å². The molecule has 0 fully saturated rings. The number of aromatic nitrogens is 1. The highest BCUT2D eigenvalue weighted by molar-refractivity contribution is 7.89. The number of ether oxygens (including phenoxy) is 1. The second-order valence-electron chi connectivity index (χ2n) is 5.90. The molecular formula is C19H18N2O5S. The lowest BCUT2D eigenvalue weighted by Crippen LogP contribution is -2.24. The minimum absolute atomic E-state index is 0.0462. The van der Waals surface area contributed by atoms with Crippen molar-refractivity contribution in [1.29, 1.82) is 0 Å². The Balaban J connectivity index is 1.80. The van der Waals surface area contributed by atoms with Gasteiger partial charge in [-0.2, -0.15) is 0 Å². The van der Waals surface area contributed by atoms with Gasteiger partial charge in [0.15, 0.2) is 6.10 Å². The molecule has 1 heterocycles. The lowest BCUT2D eigenvalue weighted by molar-refractivity contribution is 0.0319. The van der Waals surface area contributed by atoms with Gasteiger partial charge in [-0.05, 0) is 38.2 Å². The van der Waals surface area contributed by atoms with E-state index in [1.54, 1.807) is 12.3 Å². The third-order valence-electron chi connectivity index (χ3n) is 4.16. The van der Waals surface area contributed by atoms with Crippen LogP contribution in [-0.2, 0) is 14.8 Å². The molecule has 0 aliphatic carbocycles. The van der Waals surface area contributed by atoms with Gasteiger partial charge in [0.25, 0.3) is 0 Å². The maximum atomic E-state index is 12.7. The van der Waals surface area contributed by atoms with Crippen LogP contribution in [0.3, 0.4) is 0 Å². The summed E-state index contributed by atoms with van der Waals surface area (Å²) in [5.41, 5.74) is 1.28. The van der Waals surface area contributed by atoms with Gasteiger partial charge in [0.05, 0.1) is 10.5 Å². The lowest BCUT2D eigenvalue weighted by atomic mass is 10.1. The SMILES string of the molecule is CNS(=O)(=O)c1cccc(C(=O)O[C@H](C)C(=O)c2c[nH]c3ccccc23)c1. The molecule has 0 bridgehead atoms. The summed E-state index contributed by atoms with van der Waals surface area (Å²) in [7, 11) is -2.41. The molecule has 0 saturated heterocycles. The van der Waals surface area contributed by atoms with Gasteiger partial charge in [0.1, 0.15) is 0 Å². The highest BCUT2D eigenvalue weighted by Gasteiger charge is 2.23. The standard InChI is InChI=1S/C19H18N2O5S/c1-12(18(22)16-11-21-17-9-4-3-8-15(16)17)26-19(23)13-6-5-7-14(10-13)27(24,25)20-2/h3-12,20-21H,1-2H3/t12-/m1/s1. The molecule has 0 spiro atoms. The number of rotatable bonds is 6. The largest absolute Gasteiger partial charge is 0.451 e. The second-order valence-corrected chi connectivity index (χ2v) is 7.78. The minimum Gasteiger partial charge on any atom is -0.451 e. The number of benzene rings is 2. The number of esters is 1. The van der Waals surface area contributed by atoms with Crippen molar-refractivity contribution in [3.63, 3.8) is 0 Å². The monoisotopic (exact) mass is 386 g/mol. The predicted molar refractivity (Wildman–Crippen MR) is 100 cm³/mol. The number of para-hydroxylation sites is 1. The first-order valence-electron chi connectivity index (χ1n) is 8.18. The molecule has 0 aliphatic heterocycles. The van der Waals surface area contributed by atoms with Crippen molar-refractivity contribution in [1.82, 2.24) is 9.71 Å². The van der Waals surface area contributed by atoms with Crippen LogP contribution in [-0.4, -0.2) is 38.3 Å². The number of hydrogen-bond donors (Lipinski definition) is 2. The first-order valence-corrected chi connectivity index (χ1v) is 9.66. The molecule has 27 heavy (non-hydrogen) atoms. The van der Waals surface area contributed by atoms with E-state index in [1.807, 2.05) is 18.2 Å². The van der Waals surface area contributed by atoms with E-state index in [-0.39, 0.29) is 16.2 Å². The molecule has 1 aromatic heterocycles. The van der Waals surface area contributed by atoms with E-state index in [1.165, 1.54) is 38.2 Å². The molecule has 2 N–H and O–H groups in total. The molecule has 0 radical (unpaired) electrons. The smallest absolute Gasteiger partial charge is 0.338 e. The molecule has 3 rings (SSSR count). The van der Waals surface area contributed by atoms with E-state index in [4.69, 9.17) is 4.74 Å². The van der Waals surface area contributed by atoms with E-state index >= 15 is 0 Å². The van der Waals surface area contributed by atoms with Crippen molar-refractivity contribution in [2.45, 2.75) is 17.9 Å². The minimum atomic E-state index is -3.69. The van der Waals surface area contributed by atoms with E-state index in [0.29, 0.717) is 5.56 Å². The Hall–Kier alpha value is -2.97. The maximum absolute atomic E-state index is 12.7. The molecule has 0 amide bonds. The fourth-order valence-corrected chi connectivity index (χ4v) is 3.46. The maximum Gasteiger partial charge on any atom is 0.338 e. The topological polar surface area (TPSA) is 105 Å². The third kappa shape index (κ3) is 3.76. The summed E-state index contributed by atoms with van der Waals surface area (Å²) in [4.78, 5) is 28.0. The van der Waals surface area contributed by atoms with Gasteiger partial charge in [0.2, 0.25) is 15.8 Å². The van der Waals surface area contributed by atoms with Crippen molar-refractivity contribution in [3.05, 3.63) is 65.9 Å². The summed E-state index contributed by atoms with van der Waals surface area (Å²) in [6, 6.07) is 12.8. The second kappa shape index (κ2) is 7.34. The van der Waals surface area contributed by atoms with Crippen LogP contribution in [0.25, 0.3) is 10.9 Å². The number of sulfonamides is 1. The summed E-state index contributed by atoms with van der Waals surface area (Å²) in [5.74, 6) is -1.12. The van der Waals surface area contributed by atoms with Gasteiger partial charge in [0, 0.05) is 22.7 Å². The fourth-order valence-electron chi connectivity index (χ4n) is 2.68. The number of ketones is 1. The lowest BCUT2D eigenvalue weighted by Gasteiger charge is -2.12. The number of carbonyl (C=O) groups excluding carboxylic acids is 2. The zero-order chi connectivity index (χ0) is 19.6. The molecule has 0 unspecified atom stereocenters. The zero-order valence-corrected chi connectivity index (χ0v) is 15.5. The van der Waals surface area contributed by atoms with Gasteiger partial charge in [-0.3, -0.25) is 4.79 Å². The first-order chi connectivity index (χ1) is 12.8. The highest BCUT2D eigenvalue weighted by atomic mass is 32.2. The number of carbonyl (C=O) groups is 2. The Bertz CT molecular complexity index is 1120. The number of nitrogens with one attached hydrogen (secondary N) is 2. The van der Waals surface area contributed by atoms with E-state index in [0.717, 1.165) is 10.9 Å². The first kappa shape index (κ1) is 18.8. The normalized spacial score (nSPS) is 12.7. The van der Waals surface area contributed by atoms with E-state index in [9.17, 15) is 18.0 Å². The number of hydrogen-bond acceptors (Lipinski definition) is 5. The highest BCUT2D eigenvalue weighted by Crippen LogP contribution is 2.20. The molecule has 0 saturated carbocycles. The summed E-state index contributed by atoms with van der Waals surface area (Å²) in [6.45, 7) is 1.48. The van der Waals surface area contributed by atoms with Crippen molar-refractivity contribution in [2.24, 2.45) is 0 Å². The van der Waals surface area contributed by atoms with Crippen molar-refractivity contribution in [3.8, 4) is 0 Å². The van der Waals surface area contributed by atoms with Crippen LogP contribution in [0, 0.1) is 0 Å². The molecule has 2 aromatic carbocycles. The van der Waals surface area contributed by atoms with Gasteiger partial charge in [-0.15, -0.1) is 0 Å². The average Bonchev–Trinajstić information content (AvgIpc) is 3.11. The van der Waals surface area contributed by atoms with Crippen molar-refractivity contribution < 1.29 is 22.7 Å². The Kier molecular flexibility index (Phi) is 5.11. The van der Waals surface area contributed by atoms with E-state index < -0.39 is 22.1 Å². The molecule has 1 atom stereocenters. The van der Waals surface area contributed by atoms with Crippen LogP contribution in [0.5, 0.6) is 0 Å². The van der Waals surface area contributed by atoms with Crippen LogP contribution in [0.4, 0.5) is 0 Å². The number of Topliss-reactive ketones (excluding diaryl/α,β-unsaturated/α-hetero) is 1. The van der Waals surface area contributed by atoms with E-state index in [2.05, 4.69) is 9.71 Å². The van der Waals surface area contributed by atoms with Gasteiger partial charge in [-0.1, -0.05) is 24.3 Å². The molecular weight excluding hydrogens is 368 g/mol.